The molecule has 204 valence electrons. The van der Waals surface area contributed by atoms with E-state index in [2.05, 4.69) is 20.9 Å². The Morgan fingerprint density at radius 1 is 1.05 bits per heavy atom. The van der Waals surface area contributed by atoms with Crippen LogP contribution < -0.4 is 20.7 Å². The third kappa shape index (κ3) is 7.39. The van der Waals surface area contributed by atoms with Gasteiger partial charge in [-0.15, -0.1) is 24.8 Å². The lowest BCUT2D eigenvalue weighted by Crippen LogP contribution is -2.54. The van der Waals surface area contributed by atoms with Crippen molar-refractivity contribution < 1.29 is 33.4 Å². The highest BCUT2D eigenvalue weighted by atomic mass is 35.5. The number of halogens is 2. The lowest BCUT2D eigenvalue weighted by molar-refractivity contribution is -0.136. The van der Waals surface area contributed by atoms with Crippen LogP contribution in [0.5, 0.6) is 5.75 Å². The van der Waals surface area contributed by atoms with Crippen molar-refractivity contribution >= 4 is 54.3 Å². The standard InChI is InChI=1S/C23H29N5O7.2ClH/c29-18-5-4-16(21(31)26-18)28-22(32)15-2-1-3-17(20(15)23(28)33)35-14-19(30)25-8-12-34-13-11-27-9-6-24-7-10-27;;/h1-3,16,24H,4-14H2,(H,25,30)(H,26,29,31);2*1H. The normalized spacial score (nSPS) is 19.5. The minimum atomic E-state index is -1.07. The monoisotopic (exact) mass is 559 g/mol. The van der Waals surface area contributed by atoms with E-state index in [-0.39, 0.29) is 61.1 Å². The van der Waals surface area contributed by atoms with E-state index in [1.165, 1.54) is 18.2 Å². The molecule has 3 heterocycles. The maximum atomic E-state index is 13.0. The fraction of sp³-hybridized carbons (Fsp3) is 0.522. The van der Waals surface area contributed by atoms with Gasteiger partial charge in [-0.05, 0) is 18.6 Å². The number of piperidine rings is 1. The van der Waals surface area contributed by atoms with Crippen LogP contribution in [0.15, 0.2) is 18.2 Å². The number of benzene rings is 1. The molecule has 3 N–H and O–H groups in total. The number of carbonyl (C=O) groups excluding carboxylic acids is 5. The first kappa shape index (κ1) is 30.5. The van der Waals surface area contributed by atoms with Gasteiger partial charge in [-0.1, -0.05) is 6.07 Å². The largest absolute Gasteiger partial charge is 0.483 e. The lowest BCUT2D eigenvalue weighted by Gasteiger charge is -2.27. The average molecular weight is 560 g/mol. The maximum Gasteiger partial charge on any atom is 0.266 e. The molecule has 2 fully saturated rings. The van der Waals surface area contributed by atoms with E-state index < -0.39 is 35.6 Å². The molecule has 0 radical (unpaired) electrons. The summed E-state index contributed by atoms with van der Waals surface area (Å²) in [6.45, 7) is 5.73. The molecule has 0 aromatic heterocycles. The van der Waals surface area contributed by atoms with Crippen LogP contribution in [0.3, 0.4) is 0 Å². The van der Waals surface area contributed by atoms with Gasteiger partial charge in [0.15, 0.2) is 6.61 Å². The number of nitrogens with one attached hydrogen (secondary N) is 3. The Bertz CT molecular complexity index is 1020. The Kier molecular flexibility index (Phi) is 11.7. The van der Waals surface area contributed by atoms with Crippen LogP contribution in [0.4, 0.5) is 0 Å². The molecule has 2 saturated heterocycles. The summed E-state index contributed by atoms with van der Waals surface area (Å²) in [5, 5.41) is 8.14. The van der Waals surface area contributed by atoms with Gasteiger partial charge >= 0.3 is 0 Å². The van der Waals surface area contributed by atoms with Gasteiger partial charge in [0.05, 0.1) is 24.3 Å². The van der Waals surface area contributed by atoms with Crippen molar-refractivity contribution in [2.24, 2.45) is 0 Å². The molecule has 4 rings (SSSR count). The van der Waals surface area contributed by atoms with E-state index in [9.17, 15) is 24.0 Å². The number of imide groups is 2. The van der Waals surface area contributed by atoms with Gasteiger partial charge in [0.25, 0.3) is 17.7 Å². The third-order valence-electron chi connectivity index (χ3n) is 6.12. The molecular formula is C23H31Cl2N5O7. The smallest absolute Gasteiger partial charge is 0.266 e. The van der Waals surface area contributed by atoms with Gasteiger partial charge in [-0.3, -0.25) is 39.1 Å². The summed E-state index contributed by atoms with van der Waals surface area (Å²) in [6, 6.07) is 3.43. The highest BCUT2D eigenvalue weighted by Gasteiger charge is 2.46. The van der Waals surface area contributed by atoms with Crippen LogP contribution >= 0.6 is 24.8 Å². The first-order valence-electron chi connectivity index (χ1n) is 11.7. The molecule has 3 aliphatic rings. The van der Waals surface area contributed by atoms with E-state index in [0.717, 1.165) is 37.6 Å². The summed E-state index contributed by atoms with van der Waals surface area (Å²) >= 11 is 0. The molecular weight excluding hydrogens is 529 g/mol. The Labute approximate surface area is 226 Å². The SMILES string of the molecule is Cl.Cl.O=C(COc1cccc2c1C(=O)N(C1CCC(=O)NC1=O)C2=O)NCCOCCN1CCNCC1. The van der Waals surface area contributed by atoms with E-state index in [1.54, 1.807) is 0 Å². The second-order valence-electron chi connectivity index (χ2n) is 8.47. The third-order valence-corrected chi connectivity index (χ3v) is 6.12. The number of fused-ring (bicyclic) bond motifs is 1. The molecule has 1 atom stereocenters. The number of piperazine rings is 1. The van der Waals surface area contributed by atoms with Crippen LogP contribution in [0.2, 0.25) is 0 Å². The number of ether oxygens (including phenoxy) is 2. The molecule has 1 aromatic rings. The molecule has 0 spiro atoms. The number of amides is 5. The molecule has 0 saturated carbocycles. The topological polar surface area (TPSA) is 146 Å². The summed E-state index contributed by atoms with van der Waals surface area (Å²) in [6.07, 6.45) is 0.0961. The van der Waals surface area contributed by atoms with Gasteiger partial charge in [-0.25, -0.2) is 0 Å². The number of hydrogen-bond donors (Lipinski definition) is 3. The van der Waals surface area contributed by atoms with Crippen LogP contribution in [-0.4, -0.2) is 104 Å². The summed E-state index contributed by atoms with van der Waals surface area (Å²) in [7, 11) is 0. The van der Waals surface area contributed by atoms with Crippen molar-refractivity contribution in [1.29, 1.82) is 0 Å². The second-order valence-corrected chi connectivity index (χ2v) is 8.47. The van der Waals surface area contributed by atoms with Gasteiger partial charge < -0.3 is 20.1 Å². The Balaban J connectivity index is 0.00000241. The predicted octanol–water partition coefficient (Wildman–Crippen LogP) is -0.652. The van der Waals surface area contributed by atoms with Gasteiger partial charge in [0.2, 0.25) is 11.8 Å². The molecule has 3 aliphatic heterocycles. The number of carbonyl (C=O) groups is 5. The van der Waals surface area contributed by atoms with E-state index in [0.29, 0.717) is 19.8 Å². The van der Waals surface area contributed by atoms with Crippen LogP contribution in [-0.2, 0) is 19.1 Å². The zero-order chi connectivity index (χ0) is 24.8. The molecule has 5 amide bonds. The van der Waals surface area contributed by atoms with Crippen LogP contribution in [0.25, 0.3) is 0 Å². The van der Waals surface area contributed by atoms with Crippen molar-refractivity contribution in [2.75, 3.05) is 59.1 Å². The summed E-state index contributed by atoms with van der Waals surface area (Å²) in [5.41, 5.74) is 0.0988. The lowest BCUT2D eigenvalue weighted by atomic mass is 10.0. The minimum absolute atomic E-state index is 0. The number of nitrogens with zero attached hydrogens (tertiary/aromatic N) is 2. The summed E-state index contributed by atoms with van der Waals surface area (Å²) in [4.78, 5) is 64.8. The van der Waals surface area contributed by atoms with Crippen molar-refractivity contribution in [1.82, 2.24) is 25.8 Å². The first-order valence-corrected chi connectivity index (χ1v) is 11.7. The van der Waals surface area contributed by atoms with Crippen LogP contribution in [0, 0.1) is 0 Å². The van der Waals surface area contributed by atoms with E-state index in [4.69, 9.17) is 9.47 Å². The van der Waals surface area contributed by atoms with Crippen molar-refractivity contribution in [2.45, 2.75) is 18.9 Å². The molecule has 0 aliphatic carbocycles. The fourth-order valence-corrected chi connectivity index (χ4v) is 4.29. The number of rotatable bonds is 10. The van der Waals surface area contributed by atoms with Crippen molar-refractivity contribution in [3.63, 3.8) is 0 Å². The Morgan fingerprint density at radius 3 is 2.54 bits per heavy atom. The fourth-order valence-electron chi connectivity index (χ4n) is 4.29. The average Bonchev–Trinajstić information content (AvgIpc) is 3.11. The van der Waals surface area contributed by atoms with E-state index >= 15 is 0 Å². The molecule has 0 bridgehead atoms. The molecule has 12 nitrogen and oxygen atoms in total. The van der Waals surface area contributed by atoms with Gasteiger partial charge in [0, 0.05) is 45.7 Å². The van der Waals surface area contributed by atoms with Crippen molar-refractivity contribution in [3.05, 3.63) is 29.3 Å². The Morgan fingerprint density at radius 2 is 1.81 bits per heavy atom. The highest BCUT2D eigenvalue weighted by Crippen LogP contribution is 2.33. The summed E-state index contributed by atoms with van der Waals surface area (Å²) < 4.78 is 11.1. The molecule has 1 aromatic carbocycles. The predicted molar refractivity (Wildman–Crippen MR) is 136 cm³/mol. The zero-order valence-electron chi connectivity index (χ0n) is 20.2. The van der Waals surface area contributed by atoms with Crippen LogP contribution in [0.1, 0.15) is 33.6 Å². The minimum Gasteiger partial charge on any atom is -0.483 e. The molecule has 1 unspecified atom stereocenters. The molecule has 14 heteroatoms. The quantitative estimate of drug-likeness (QED) is 0.251. The zero-order valence-corrected chi connectivity index (χ0v) is 21.8. The Hall–Kier alpha value is -2.77. The van der Waals surface area contributed by atoms with Gasteiger partial charge in [-0.2, -0.15) is 0 Å². The highest BCUT2D eigenvalue weighted by molar-refractivity contribution is 6.24. The second kappa shape index (κ2) is 14.2. The van der Waals surface area contributed by atoms with Crippen molar-refractivity contribution in [3.8, 4) is 5.75 Å². The number of hydrogen-bond acceptors (Lipinski definition) is 9. The first-order chi connectivity index (χ1) is 17.0. The van der Waals surface area contributed by atoms with E-state index in [1.807, 2.05) is 0 Å². The molecule has 37 heavy (non-hydrogen) atoms. The maximum absolute atomic E-state index is 13.0. The summed E-state index contributed by atoms with van der Waals surface area (Å²) in [5.74, 6) is -2.76. The van der Waals surface area contributed by atoms with Gasteiger partial charge in [0.1, 0.15) is 11.8 Å².